The van der Waals surface area contributed by atoms with Gasteiger partial charge in [0.15, 0.2) is 0 Å². The molecule has 0 aliphatic rings. The lowest BCUT2D eigenvalue weighted by atomic mass is 9.97. The number of hydrogen-bond acceptors (Lipinski definition) is 4. The Labute approximate surface area is 169 Å². The van der Waals surface area contributed by atoms with Gasteiger partial charge in [0.1, 0.15) is 10.4 Å². The van der Waals surface area contributed by atoms with Gasteiger partial charge >= 0.3 is 12.4 Å². The molecule has 3 rings (SSSR count). The summed E-state index contributed by atoms with van der Waals surface area (Å²) in [5, 5.41) is 3.04. The SMILES string of the molecule is Cc1c([C@@H](C)Nc2nc(C(F)(F)F)nc3cnc(Br)cc23)cccc1C(F)(F)F. The summed E-state index contributed by atoms with van der Waals surface area (Å²) in [5.41, 5.74) is -0.587. The number of nitrogens with one attached hydrogen (secondary N) is 1. The van der Waals surface area contributed by atoms with Gasteiger partial charge < -0.3 is 5.32 Å². The second-order valence-electron chi connectivity index (χ2n) is 6.30. The molecule has 0 unspecified atom stereocenters. The van der Waals surface area contributed by atoms with Gasteiger partial charge in [0, 0.05) is 5.39 Å². The van der Waals surface area contributed by atoms with E-state index >= 15 is 0 Å². The lowest BCUT2D eigenvalue weighted by molar-refractivity contribution is -0.144. The van der Waals surface area contributed by atoms with Crippen molar-refractivity contribution in [1.29, 1.82) is 0 Å². The Bertz CT molecular complexity index is 1060. The molecule has 2 aromatic heterocycles. The van der Waals surface area contributed by atoms with Gasteiger partial charge in [-0.25, -0.2) is 15.0 Å². The molecule has 2 heterocycles. The van der Waals surface area contributed by atoms with E-state index in [1.165, 1.54) is 25.1 Å². The molecule has 4 nitrogen and oxygen atoms in total. The van der Waals surface area contributed by atoms with Crippen molar-refractivity contribution in [3.05, 3.63) is 57.6 Å². The number of anilines is 1. The van der Waals surface area contributed by atoms with Crippen LogP contribution in [0.2, 0.25) is 0 Å². The van der Waals surface area contributed by atoms with E-state index < -0.39 is 29.8 Å². The summed E-state index contributed by atoms with van der Waals surface area (Å²) in [6.07, 6.45) is -8.18. The highest BCUT2D eigenvalue weighted by atomic mass is 79.9. The number of benzene rings is 1. The van der Waals surface area contributed by atoms with E-state index in [-0.39, 0.29) is 27.8 Å². The van der Waals surface area contributed by atoms with Crippen LogP contribution in [0, 0.1) is 6.92 Å². The van der Waals surface area contributed by atoms with Crippen molar-refractivity contribution < 1.29 is 26.3 Å². The van der Waals surface area contributed by atoms with Gasteiger partial charge in [-0.15, -0.1) is 0 Å². The minimum absolute atomic E-state index is 0.0164. The molecule has 11 heteroatoms. The van der Waals surface area contributed by atoms with Crippen molar-refractivity contribution in [3.63, 3.8) is 0 Å². The monoisotopic (exact) mass is 478 g/mol. The van der Waals surface area contributed by atoms with Crippen molar-refractivity contribution in [1.82, 2.24) is 15.0 Å². The number of hydrogen-bond donors (Lipinski definition) is 1. The summed E-state index contributed by atoms with van der Waals surface area (Å²) in [7, 11) is 0. The largest absolute Gasteiger partial charge is 0.451 e. The average molecular weight is 479 g/mol. The van der Waals surface area contributed by atoms with E-state index in [0.717, 1.165) is 12.3 Å². The Kier molecular flexibility index (Phi) is 5.46. The zero-order chi connectivity index (χ0) is 21.6. The Morgan fingerprint density at radius 2 is 1.72 bits per heavy atom. The Morgan fingerprint density at radius 1 is 1.03 bits per heavy atom. The smallest absolute Gasteiger partial charge is 0.363 e. The average Bonchev–Trinajstić information content (AvgIpc) is 2.60. The summed E-state index contributed by atoms with van der Waals surface area (Å²) in [4.78, 5) is 10.9. The molecule has 0 saturated carbocycles. The van der Waals surface area contributed by atoms with Crippen LogP contribution in [0.1, 0.15) is 35.5 Å². The maximum atomic E-state index is 13.2. The predicted molar refractivity (Wildman–Crippen MR) is 98.3 cm³/mol. The normalized spacial score (nSPS) is 13.6. The second kappa shape index (κ2) is 7.43. The number of alkyl halides is 6. The third-order valence-corrected chi connectivity index (χ3v) is 4.74. The van der Waals surface area contributed by atoms with Crippen LogP contribution in [0.15, 0.2) is 35.1 Å². The third kappa shape index (κ3) is 4.44. The van der Waals surface area contributed by atoms with Crippen LogP contribution < -0.4 is 5.32 Å². The standard InChI is InChI=1S/C18H13BrF6N4/c1-8-10(4-3-5-12(8)17(20,21)22)9(2)27-15-11-6-14(19)26-7-13(11)28-16(29-15)18(23,24)25/h3-7,9H,1-2H3,(H,27,28,29)/t9-/m1/s1. The van der Waals surface area contributed by atoms with Crippen LogP contribution in [0.5, 0.6) is 0 Å². The zero-order valence-corrected chi connectivity index (χ0v) is 16.5. The number of pyridine rings is 1. The highest BCUT2D eigenvalue weighted by molar-refractivity contribution is 9.10. The Hall–Kier alpha value is -2.43. The molecule has 0 radical (unpaired) electrons. The van der Waals surface area contributed by atoms with Gasteiger partial charge in [-0.1, -0.05) is 12.1 Å². The van der Waals surface area contributed by atoms with Crippen molar-refractivity contribution in [2.75, 3.05) is 5.32 Å². The first-order valence-electron chi connectivity index (χ1n) is 8.21. The highest BCUT2D eigenvalue weighted by Crippen LogP contribution is 2.36. The topological polar surface area (TPSA) is 50.7 Å². The van der Waals surface area contributed by atoms with E-state index in [2.05, 4.69) is 36.2 Å². The first kappa shape index (κ1) is 21.3. The zero-order valence-electron chi connectivity index (χ0n) is 15.0. The van der Waals surface area contributed by atoms with Gasteiger partial charge in [-0.3, -0.25) is 0 Å². The molecule has 1 N–H and O–H groups in total. The summed E-state index contributed by atoms with van der Waals surface area (Å²) in [6.45, 7) is 2.86. The maximum Gasteiger partial charge on any atom is 0.451 e. The summed E-state index contributed by atoms with van der Waals surface area (Å²) >= 11 is 3.14. The van der Waals surface area contributed by atoms with Crippen LogP contribution >= 0.6 is 15.9 Å². The molecule has 0 aliphatic carbocycles. The van der Waals surface area contributed by atoms with E-state index in [1.54, 1.807) is 6.92 Å². The molecular formula is C18H13BrF6N4. The van der Waals surface area contributed by atoms with Gasteiger partial charge in [0.2, 0.25) is 5.82 Å². The molecular weight excluding hydrogens is 466 g/mol. The predicted octanol–water partition coefficient (Wildman–Crippen LogP) is 6.31. The maximum absolute atomic E-state index is 13.2. The summed E-state index contributed by atoms with van der Waals surface area (Å²) in [5.74, 6) is -1.53. The molecule has 0 bridgehead atoms. The number of nitrogens with zero attached hydrogens (tertiary/aromatic N) is 3. The molecule has 154 valence electrons. The van der Waals surface area contributed by atoms with Crippen molar-refractivity contribution in [2.24, 2.45) is 0 Å². The lowest BCUT2D eigenvalue weighted by Crippen LogP contribution is -2.17. The molecule has 0 saturated heterocycles. The summed E-state index contributed by atoms with van der Waals surface area (Å²) in [6, 6.07) is 4.36. The fourth-order valence-corrected chi connectivity index (χ4v) is 3.29. The molecule has 1 aromatic carbocycles. The van der Waals surface area contributed by atoms with Crippen LogP contribution in [0.25, 0.3) is 10.9 Å². The van der Waals surface area contributed by atoms with E-state index in [9.17, 15) is 26.3 Å². The van der Waals surface area contributed by atoms with Crippen molar-refractivity contribution in [2.45, 2.75) is 32.2 Å². The van der Waals surface area contributed by atoms with Gasteiger partial charge in [-0.05, 0) is 53.0 Å². The molecule has 1 atom stereocenters. The number of fused-ring (bicyclic) bond motifs is 1. The number of aromatic nitrogens is 3. The first-order chi connectivity index (χ1) is 13.4. The fourth-order valence-electron chi connectivity index (χ4n) is 2.96. The van der Waals surface area contributed by atoms with E-state index in [4.69, 9.17) is 0 Å². The molecule has 3 aromatic rings. The van der Waals surface area contributed by atoms with Gasteiger partial charge in [0.05, 0.1) is 23.3 Å². The van der Waals surface area contributed by atoms with Crippen LogP contribution in [-0.2, 0) is 12.4 Å². The van der Waals surface area contributed by atoms with E-state index in [0.29, 0.717) is 4.60 Å². The third-order valence-electron chi connectivity index (χ3n) is 4.30. The molecule has 0 aliphatic heterocycles. The van der Waals surface area contributed by atoms with Crippen LogP contribution in [0.4, 0.5) is 32.2 Å². The summed E-state index contributed by atoms with van der Waals surface area (Å²) < 4.78 is 79.4. The number of rotatable bonds is 3. The van der Waals surface area contributed by atoms with Crippen molar-refractivity contribution in [3.8, 4) is 0 Å². The van der Waals surface area contributed by atoms with Crippen molar-refractivity contribution >= 4 is 32.7 Å². The Balaban J connectivity index is 2.09. The quantitative estimate of drug-likeness (QED) is 0.354. The van der Waals surface area contributed by atoms with Crippen LogP contribution in [-0.4, -0.2) is 15.0 Å². The minimum atomic E-state index is -4.80. The highest BCUT2D eigenvalue weighted by Gasteiger charge is 2.36. The minimum Gasteiger partial charge on any atom is -0.363 e. The van der Waals surface area contributed by atoms with E-state index in [1.807, 2.05) is 0 Å². The molecule has 0 amide bonds. The van der Waals surface area contributed by atoms with Gasteiger partial charge in [-0.2, -0.15) is 26.3 Å². The van der Waals surface area contributed by atoms with Crippen LogP contribution in [0.3, 0.4) is 0 Å². The lowest BCUT2D eigenvalue weighted by Gasteiger charge is -2.21. The second-order valence-corrected chi connectivity index (χ2v) is 7.11. The number of halogens is 7. The fraction of sp³-hybridized carbons (Fsp3) is 0.278. The molecule has 0 spiro atoms. The molecule has 29 heavy (non-hydrogen) atoms. The molecule has 0 fully saturated rings. The first-order valence-corrected chi connectivity index (χ1v) is 9.01. The van der Waals surface area contributed by atoms with Gasteiger partial charge in [0.25, 0.3) is 0 Å². The Morgan fingerprint density at radius 3 is 2.34 bits per heavy atom.